The highest BCUT2D eigenvalue weighted by atomic mass is 16.7. The fourth-order valence-electron chi connectivity index (χ4n) is 5.79. The lowest BCUT2D eigenvalue weighted by molar-refractivity contribution is -0.128. The molecule has 0 spiro atoms. The molecule has 2 aromatic carbocycles. The Labute approximate surface area is 239 Å². The van der Waals surface area contributed by atoms with Crippen LogP contribution in [0.2, 0.25) is 0 Å². The van der Waals surface area contributed by atoms with Gasteiger partial charge < -0.3 is 19.2 Å². The van der Waals surface area contributed by atoms with Crippen molar-refractivity contribution in [2.24, 2.45) is 16.8 Å². The van der Waals surface area contributed by atoms with E-state index < -0.39 is 6.16 Å². The molecule has 5 rings (SSSR count). The number of carbonyl (C=O) groups excluding carboxylic acids is 2. The summed E-state index contributed by atoms with van der Waals surface area (Å²) in [5.41, 5.74) is 5.27. The van der Waals surface area contributed by atoms with Gasteiger partial charge >= 0.3 is 6.16 Å². The molecule has 2 aliphatic rings. The number of aldehydes is 1. The molecule has 1 amide bonds. The number of nitrogens with zero attached hydrogens (tertiary/aromatic N) is 3. The van der Waals surface area contributed by atoms with Crippen molar-refractivity contribution in [3.8, 4) is 16.9 Å². The number of unbranched alkanes of at least 4 members (excludes halogenated alkanes) is 1. The highest BCUT2D eigenvalue weighted by Crippen LogP contribution is 2.32. The van der Waals surface area contributed by atoms with Gasteiger partial charge in [0.15, 0.2) is 0 Å². The van der Waals surface area contributed by atoms with E-state index >= 15 is 0 Å². The van der Waals surface area contributed by atoms with Gasteiger partial charge in [-0.15, -0.1) is 0 Å². The zero-order valence-electron chi connectivity index (χ0n) is 23.3. The van der Waals surface area contributed by atoms with Crippen LogP contribution < -0.4 is 4.74 Å². The van der Waals surface area contributed by atoms with E-state index in [0.29, 0.717) is 30.0 Å². The zero-order valence-corrected chi connectivity index (χ0v) is 23.3. The first-order valence-electron chi connectivity index (χ1n) is 14.4. The number of benzene rings is 2. The van der Waals surface area contributed by atoms with Crippen molar-refractivity contribution in [2.75, 3.05) is 0 Å². The third-order valence-corrected chi connectivity index (χ3v) is 7.97. The Morgan fingerprint density at radius 3 is 2.63 bits per heavy atom. The normalized spacial score (nSPS) is 19.1. The molecule has 1 saturated carbocycles. The minimum absolute atomic E-state index is 0.190. The third-order valence-electron chi connectivity index (χ3n) is 7.97. The van der Waals surface area contributed by atoms with Crippen LogP contribution in [-0.4, -0.2) is 38.7 Å². The first kappa shape index (κ1) is 28.2. The zero-order chi connectivity index (χ0) is 28.8. The average molecular weight is 554 g/mol. The van der Waals surface area contributed by atoms with Gasteiger partial charge in [-0.05, 0) is 48.6 Å². The molecule has 0 saturated heterocycles. The summed E-state index contributed by atoms with van der Waals surface area (Å²) in [7, 11) is 0. The third kappa shape index (κ3) is 6.53. The average Bonchev–Trinajstić information content (AvgIpc) is 3.32. The molecule has 0 bridgehead atoms. The van der Waals surface area contributed by atoms with E-state index in [2.05, 4.69) is 16.5 Å². The number of aliphatic imine (C=N–C) groups is 1. The molecule has 2 atom stereocenters. The molecule has 0 aliphatic heterocycles. The molecule has 212 valence electrons. The van der Waals surface area contributed by atoms with Crippen LogP contribution in [0.25, 0.3) is 17.2 Å². The summed E-state index contributed by atoms with van der Waals surface area (Å²) in [6, 6.07) is 15.1. The van der Waals surface area contributed by atoms with Crippen molar-refractivity contribution in [1.29, 1.82) is 0 Å². The number of aromatic nitrogens is 2. The van der Waals surface area contributed by atoms with Crippen molar-refractivity contribution < 1.29 is 24.2 Å². The topological polar surface area (TPSA) is 111 Å². The summed E-state index contributed by atoms with van der Waals surface area (Å²) in [6.07, 6.45) is 10.2. The second kappa shape index (κ2) is 12.9. The standard InChI is InChI=1S/C33H35N3O5/c1-2-3-12-31-35-28-18-17-25(34-32(38)27-10-5-4-8-24(27)21-37)19-29(28)36(31)20-22-13-15-23(16-14-22)26-9-6-7-11-30(26)41-33(39)40/h6-7,9,11,13-18,21,24,27H,2-5,8,10,12,19-20H2,1H3,(H,39,40)/t24-,27-/m1/s1. The highest BCUT2D eigenvalue weighted by molar-refractivity contribution is 6.07. The maximum Gasteiger partial charge on any atom is 0.511 e. The Morgan fingerprint density at radius 2 is 1.88 bits per heavy atom. The maximum absolute atomic E-state index is 13.1. The number of ether oxygens (including phenoxy) is 1. The monoisotopic (exact) mass is 553 g/mol. The van der Waals surface area contributed by atoms with E-state index in [-0.39, 0.29) is 17.7 Å². The number of fused-ring (bicyclic) bond motifs is 1. The number of imidazole rings is 1. The van der Waals surface area contributed by atoms with E-state index in [1.807, 2.05) is 48.6 Å². The SMILES string of the molecule is CCCCc1nc2c(n1Cc1ccc(-c3ccccc3OC(=O)O)cc1)CC(=NC(=O)[C@@H]1CCCC[C@@H]1C=O)C=C2. The van der Waals surface area contributed by atoms with E-state index in [0.717, 1.165) is 79.6 Å². The second-order valence-corrected chi connectivity index (χ2v) is 10.8. The Kier molecular flexibility index (Phi) is 8.87. The summed E-state index contributed by atoms with van der Waals surface area (Å²) in [6.45, 7) is 2.77. The van der Waals surface area contributed by atoms with Gasteiger partial charge in [0.25, 0.3) is 0 Å². The largest absolute Gasteiger partial charge is 0.511 e. The number of para-hydroxylation sites is 1. The van der Waals surface area contributed by atoms with E-state index in [4.69, 9.17) is 14.8 Å². The molecular formula is C33H35N3O5. The van der Waals surface area contributed by atoms with Gasteiger partial charge in [0.05, 0.1) is 17.1 Å². The molecule has 1 aromatic heterocycles. The van der Waals surface area contributed by atoms with Crippen molar-refractivity contribution >= 4 is 30.1 Å². The van der Waals surface area contributed by atoms with Gasteiger partial charge in [-0.3, -0.25) is 4.79 Å². The molecular weight excluding hydrogens is 518 g/mol. The number of aryl methyl sites for hydroxylation is 1. The minimum Gasteiger partial charge on any atom is -0.449 e. The van der Waals surface area contributed by atoms with Crippen LogP contribution in [0.15, 0.2) is 59.6 Å². The first-order valence-corrected chi connectivity index (χ1v) is 14.4. The molecule has 1 N–H and O–H groups in total. The van der Waals surface area contributed by atoms with Crippen LogP contribution in [0.4, 0.5) is 4.79 Å². The van der Waals surface area contributed by atoms with Gasteiger partial charge in [0, 0.05) is 36.8 Å². The minimum atomic E-state index is -1.35. The molecule has 41 heavy (non-hydrogen) atoms. The quantitative estimate of drug-likeness (QED) is 0.183. The first-order chi connectivity index (χ1) is 20.0. The lowest BCUT2D eigenvalue weighted by Crippen LogP contribution is -2.28. The van der Waals surface area contributed by atoms with Gasteiger partial charge in [-0.1, -0.05) is 68.7 Å². The fourth-order valence-corrected chi connectivity index (χ4v) is 5.79. The number of hydrogen-bond acceptors (Lipinski definition) is 5. The van der Waals surface area contributed by atoms with Gasteiger partial charge in [-0.25, -0.2) is 14.8 Å². The molecule has 0 unspecified atom stereocenters. The lowest BCUT2D eigenvalue weighted by Gasteiger charge is -2.25. The van der Waals surface area contributed by atoms with Crippen molar-refractivity contribution in [3.63, 3.8) is 0 Å². The van der Waals surface area contributed by atoms with Crippen molar-refractivity contribution in [1.82, 2.24) is 9.55 Å². The Morgan fingerprint density at radius 1 is 1.10 bits per heavy atom. The van der Waals surface area contributed by atoms with Crippen molar-refractivity contribution in [3.05, 3.63) is 77.4 Å². The predicted octanol–water partition coefficient (Wildman–Crippen LogP) is 6.54. The van der Waals surface area contributed by atoms with E-state index in [1.165, 1.54) is 0 Å². The van der Waals surface area contributed by atoms with Crippen LogP contribution >= 0.6 is 0 Å². The Hall–Kier alpha value is -4.33. The summed E-state index contributed by atoms with van der Waals surface area (Å²) >= 11 is 0. The molecule has 1 fully saturated rings. The molecule has 1 heterocycles. The molecule has 8 heteroatoms. The van der Waals surface area contributed by atoms with Crippen LogP contribution in [0.1, 0.15) is 68.2 Å². The van der Waals surface area contributed by atoms with E-state index in [1.54, 1.807) is 12.1 Å². The fraction of sp³-hybridized carbons (Fsp3) is 0.364. The van der Waals surface area contributed by atoms with Crippen LogP contribution in [-0.2, 0) is 29.0 Å². The summed E-state index contributed by atoms with van der Waals surface area (Å²) in [5.74, 6) is 0.550. The lowest BCUT2D eigenvalue weighted by atomic mass is 9.79. The van der Waals surface area contributed by atoms with Crippen LogP contribution in [0.3, 0.4) is 0 Å². The molecule has 3 aromatic rings. The summed E-state index contributed by atoms with van der Waals surface area (Å²) in [5, 5.41) is 9.09. The van der Waals surface area contributed by atoms with Gasteiger partial charge in [0.1, 0.15) is 17.9 Å². The smallest absolute Gasteiger partial charge is 0.449 e. The van der Waals surface area contributed by atoms with Crippen LogP contribution in [0, 0.1) is 11.8 Å². The van der Waals surface area contributed by atoms with Crippen molar-refractivity contribution in [2.45, 2.75) is 64.8 Å². The number of rotatable bonds is 9. The van der Waals surface area contributed by atoms with Gasteiger partial charge in [-0.2, -0.15) is 0 Å². The van der Waals surface area contributed by atoms with Gasteiger partial charge in [0.2, 0.25) is 5.91 Å². The summed E-state index contributed by atoms with van der Waals surface area (Å²) in [4.78, 5) is 45.1. The molecule has 8 nitrogen and oxygen atoms in total. The summed E-state index contributed by atoms with van der Waals surface area (Å²) < 4.78 is 7.20. The maximum atomic E-state index is 13.1. The predicted molar refractivity (Wildman–Crippen MR) is 157 cm³/mol. The Balaban J connectivity index is 1.39. The van der Waals surface area contributed by atoms with Crippen LogP contribution in [0.5, 0.6) is 5.75 Å². The molecule has 2 aliphatic carbocycles. The van der Waals surface area contributed by atoms with E-state index in [9.17, 15) is 14.4 Å². The number of hydrogen-bond donors (Lipinski definition) is 1. The number of allylic oxidation sites excluding steroid dienone is 1. The Bertz CT molecular complexity index is 1480. The second-order valence-electron chi connectivity index (χ2n) is 10.8. The number of carboxylic acid groups (broad SMARTS) is 1. The molecule has 0 radical (unpaired) electrons. The number of amides is 1. The number of carbonyl (C=O) groups is 3. The highest BCUT2D eigenvalue weighted by Gasteiger charge is 2.31.